The number of anilines is 1. The maximum absolute atomic E-state index is 14.2. The number of nitrogens with zero attached hydrogens (tertiary/aromatic N) is 3. The van der Waals surface area contributed by atoms with E-state index in [9.17, 15) is 27.6 Å². The first-order valence-electron chi connectivity index (χ1n) is 13.1. The number of carbonyl (C=O) groups is 2. The maximum Gasteiger partial charge on any atom is 0.586 e. The minimum absolute atomic E-state index is 0.0271. The molecule has 0 atom stereocenters. The zero-order chi connectivity index (χ0) is 30.0. The summed E-state index contributed by atoms with van der Waals surface area (Å²) < 4.78 is 57.6. The Morgan fingerprint density at radius 2 is 1.90 bits per heavy atom. The third-order valence-electron chi connectivity index (χ3n) is 6.78. The molecule has 0 bridgehead atoms. The first kappa shape index (κ1) is 27.4. The quantitative estimate of drug-likeness (QED) is 0.373. The molecule has 4 heterocycles. The normalized spacial score (nSPS) is 15.5. The van der Waals surface area contributed by atoms with Gasteiger partial charge < -0.3 is 24.1 Å². The summed E-state index contributed by atoms with van der Waals surface area (Å²) in [4.78, 5) is 41.3. The summed E-state index contributed by atoms with van der Waals surface area (Å²) in [5.41, 5.74) is -0.277. The van der Waals surface area contributed by atoms with Crippen LogP contribution in [0.1, 0.15) is 43.3 Å². The molecule has 13 heteroatoms. The molecule has 2 amide bonds. The smallest absolute Gasteiger partial charge is 0.448 e. The lowest BCUT2D eigenvalue weighted by atomic mass is 10.00. The van der Waals surface area contributed by atoms with Gasteiger partial charge in [0.1, 0.15) is 18.1 Å². The Kier molecular flexibility index (Phi) is 6.28. The van der Waals surface area contributed by atoms with Gasteiger partial charge in [0, 0.05) is 29.3 Å². The van der Waals surface area contributed by atoms with E-state index < -0.39 is 41.6 Å². The summed E-state index contributed by atoms with van der Waals surface area (Å²) in [5.74, 6) is -2.09. The molecule has 0 unspecified atom stereocenters. The van der Waals surface area contributed by atoms with Crippen molar-refractivity contribution in [2.45, 2.75) is 52.0 Å². The fourth-order valence-corrected chi connectivity index (χ4v) is 5.08. The van der Waals surface area contributed by atoms with E-state index in [-0.39, 0.29) is 46.0 Å². The monoisotopic (exact) mass is 582 g/mol. The summed E-state index contributed by atoms with van der Waals surface area (Å²) in [6.07, 6.45) is -2.98. The van der Waals surface area contributed by atoms with Crippen LogP contribution in [-0.4, -0.2) is 40.0 Å². The van der Waals surface area contributed by atoms with Gasteiger partial charge in [0.15, 0.2) is 22.8 Å². The molecule has 2 aromatic carbocycles. The van der Waals surface area contributed by atoms with Crippen LogP contribution in [0.5, 0.6) is 11.5 Å². The topological polar surface area (TPSA) is 116 Å². The van der Waals surface area contributed by atoms with E-state index in [2.05, 4.69) is 15.2 Å². The number of carbonyl (C=O) groups excluding carboxylic acids is 2. The number of alkyl halides is 2. The van der Waals surface area contributed by atoms with Gasteiger partial charge >= 0.3 is 6.29 Å². The Morgan fingerprint density at radius 1 is 1.12 bits per heavy atom. The van der Waals surface area contributed by atoms with Gasteiger partial charge in [0.2, 0.25) is 5.91 Å². The Hall–Kier alpha value is -4.81. The molecule has 0 saturated heterocycles. The molecule has 2 aliphatic heterocycles. The lowest BCUT2D eigenvalue weighted by Gasteiger charge is -2.30. The number of furan rings is 1. The molecule has 0 fully saturated rings. The molecular weight excluding hydrogens is 557 g/mol. The van der Waals surface area contributed by atoms with Gasteiger partial charge in [-0.1, -0.05) is 12.1 Å². The van der Waals surface area contributed by atoms with Crippen LogP contribution in [0.25, 0.3) is 22.2 Å². The number of rotatable bonds is 4. The first-order chi connectivity index (χ1) is 19.8. The van der Waals surface area contributed by atoms with Crippen molar-refractivity contribution in [2.24, 2.45) is 0 Å². The first-order valence-corrected chi connectivity index (χ1v) is 13.1. The zero-order valence-electron chi connectivity index (χ0n) is 22.8. The summed E-state index contributed by atoms with van der Waals surface area (Å²) >= 11 is 0. The second-order valence-electron chi connectivity index (χ2n) is 11.1. The predicted molar refractivity (Wildman–Crippen MR) is 144 cm³/mol. The number of nitrogens with one attached hydrogen (secondary N) is 1. The molecule has 0 spiro atoms. The van der Waals surface area contributed by atoms with Crippen LogP contribution in [0.2, 0.25) is 0 Å². The highest BCUT2D eigenvalue weighted by Crippen LogP contribution is 2.48. The van der Waals surface area contributed by atoms with E-state index in [4.69, 9.17) is 9.15 Å². The fraction of sp³-hybridized carbons (Fsp3) is 0.310. The molecule has 4 aromatic rings. The SMILES string of the molecule is CC(C)(C)NC(=O)c1cc2c(=O)n(CC(=O)N3CCCc4c3ccc3c4OC(F)(F)O3)nc(-c3cccc(F)c3)c2o1. The molecule has 0 aliphatic carbocycles. The van der Waals surface area contributed by atoms with Crippen molar-refractivity contribution in [1.29, 1.82) is 0 Å². The second-order valence-corrected chi connectivity index (χ2v) is 11.1. The molecule has 2 aromatic heterocycles. The second kappa shape index (κ2) is 9.64. The van der Waals surface area contributed by atoms with Crippen LogP contribution < -0.4 is 25.2 Å². The van der Waals surface area contributed by atoms with Gasteiger partial charge in [0.25, 0.3) is 11.5 Å². The van der Waals surface area contributed by atoms with E-state index >= 15 is 0 Å². The lowest BCUT2D eigenvalue weighted by molar-refractivity contribution is -0.286. The highest BCUT2D eigenvalue weighted by atomic mass is 19.3. The van der Waals surface area contributed by atoms with Gasteiger partial charge in [-0.15, -0.1) is 8.78 Å². The van der Waals surface area contributed by atoms with Gasteiger partial charge in [0.05, 0.1) is 11.1 Å². The van der Waals surface area contributed by atoms with Crippen molar-refractivity contribution in [2.75, 3.05) is 11.4 Å². The average Bonchev–Trinajstić information content (AvgIpc) is 3.50. The van der Waals surface area contributed by atoms with Crippen molar-refractivity contribution < 1.29 is 36.7 Å². The molecule has 2 aliphatic rings. The number of aromatic nitrogens is 2. The van der Waals surface area contributed by atoms with Gasteiger partial charge in [-0.3, -0.25) is 14.4 Å². The van der Waals surface area contributed by atoms with E-state index in [1.165, 1.54) is 41.3 Å². The van der Waals surface area contributed by atoms with E-state index in [0.29, 0.717) is 24.1 Å². The van der Waals surface area contributed by atoms with E-state index in [0.717, 1.165) is 4.68 Å². The van der Waals surface area contributed by atoms with Crippen molar-refractivity contribution in [3.8, 4) is 22.8 Å². The minimum atomic E-state index is -3.81. The van der Waals surface area contributed by atoms with Crippen LogP contribution in [0.3, 0.4) is 0 Å². The Bertz CT molecular complexity index is 1820. The van der Waals surface area contributed by atoms with Crippen molar-refractivity contribution in [3.63, 3.8) is 0 Å². The van der Waals surface area contributed by atoms with Crippen LogP contribution in [0.15, 0.2) is 51.7 Å². The third kappa shape index (κ3) is 4.95. The van der Waals surface area contributed by atoms with Crippen LogP contribution in [-0.2, 0) is 17.8 Å². The fourth-order valence-electron chi connectivity index (χ4n) is 5.08. The Labute approximate surface area is 236 Å². The molecule has 6 rings (SSSR count). The largest absolute Gasteiger partial charge is 0.586 e. The number of hydrogen-bond acceptors (Lipinski definition) is 7. The summed E-state index contributed by atoms with van der Waals surface area (Å²) in [6, 6.07) is 9.49. The predicted octanol–water partition coefficient (Wildman–Crippen LogP) is 4.62. The van der Waals surface area contributed by atoms with Crippen LogP contribution >= 0.6 is 0 Å². The molecular formula is C29H25F3N4O6. The molecule has 10 nitrogen and oxygen atoms in total. The van der Waals surface area contributed by atoms with Gasteiger partial charge in [-0.2, -0.15) is 5.10 Å². The van der Waals surface area contributed by atoms with E-state index in [1.807, 2.05) is 0 Å². The highest BCUT2D eigenvalue weighted by molar-refractivity contribution is 5.99. The van der Waals surface area contributed by atoms with Gasteiger partial charge in [-0.05, 0) is 57.9 Å². The third-order valence-corrected chi connectivity index (χ3v) is 6.78. The number of halogens is 3. The number of hydrogen-bond donors (Lipinski definition) is 1. The number of ether oxygens (including phenoxy) is 2. The van der Waals surface area contributed by atoms with Crippen molar-refractivity contribution in [3.05, 3.63) is 70.0 Å². The van der Waals surface area contributed by atoms with Crippen LogP contribution in [0.4, 0.5) is 18.9 Å². The summed E-state index contributed by atoms with van der Waals surface area (Å²) in [7, 11) is 0. The number of fused-ring (bicyclic) bond motifs is 4. The minimum Gasteiger partial charge on any atom is -0.448 e. The maximum atomic E-state index is 14.2. The van der Waals surface area contributed by atoms with Crippen molar-refractivity contribution in [1.82, 2.24) is 15.1 Å². The standard InChI is InChI=1S/C29H25F3N4O6/c1-28(2,3)33-26(38)21-13-18-25(40-21)23(15-6-4-7-16(30)12-15)34-36(27(18)39)14-22(37)35-11-5-8-17-19(35)9-10-20-24(17)42-29(31,32)41-20/h4,6-7,9-10,12-13H,5,8,11,14H2,1-3H3,(H,33,38). The Balaban J connectivity index is 1.40. The molecule has 0 saturated carbocycles. The highest BCUT2D eigenvalue weighted by Gasteiger charge is 2.45. The molecule has 0 radical (unpaired) electrons. The van der Waals surface area contributed by atoms with Crippen LogP contribution in [0, 0.1) is 5.82 Å². The summed E-state index contributed by atoms with van der Waals surface area (Å²) in [6.45, 7) is 5.07. The lowest BCUT2D eigenvalue weighted by Crippen LogP contribution is -2.40. The number of benzene rings is 2. The summed E-state index contributed by atoms with van der Waals surface area (Å²) in [5, 5.41) is 7.08. The molecule has 1 N–H and O–H groups in total. The van der Waals surface area contributed by atoms with Gasteiger partial charge in [-0.25, -0.2) is 9.07 Å². The zero-order valence-corrected chi connectivity index (χ0v) is 22.8. The number of amides is 2. The Morgan fingerprint density at radius 3 is 2.64 bits per heavy atom. The van der Waals surface area contributed by atoms with Crippen molar-refractivity contribution >= 4 is 28.5 Å². The molecule has 218 valence electrons. The van der Waals surface area contributed by atoms with E-state index in [1.54, 1.807) is 26.8 Å². The average molecular weight is 583 g/mol. The molecule has 42 heavy (non-hydrogen) atoms.